The summed E-state index contributed by atoms with van der Waals surface area (Å²) in [6.45, 7) is 4.04. The van der Waals surface area contributed by atoms with Gasteiger partial charge in [0, 0.05) is 11.8 Å². The number of rotatable bonds is 4. The Bertz CT molecular complexity index is 634. The molecule has 0 aliphatic rings. The third-order valence-corrected chi connectivity index (χ3v) is 3.19. The van der Waals surface area contributed by atoms with Crippen LogP contribution in [-0.4, -0.2) is 22.6 Å². The van der Waals surface area contributed by atoms with E-state index < -0.39 is 0 Å². The van der Waals surface area contributed by atoms with Crippen LogP contribution in [0.25, 0.3) is 0 Å². The Kier molecular flexibility index (Phi) is 3.93. The Morgan fingerprint density at radius 2 is 2.20 bits per heavy atom. The minimum absolute atomic E-state index is 0.151. The maximum atomic E-state index is 12.0. The number of amides is 1. The number of nitrogens with two attached hydrogens (primary N) is 1. The molecule has 0 aliphatic carbocycles. The lowest BCUT2D eigenvalue weighted by molar-refractivity contribution is -0.116. The summed E-state index contributed by atoms with van der Waals surface area (Å²) in [7, 11) is 1.57. The Balaban J connectivity index is 2.06. The monoisotopic (exact) mass is 274 g/mol. The summed E-state index contributed by atoms with van der Waals surface area (Å²) in [6, 6.07) is 5.14. The molecule has 106 valence electrons. The molecule has 6 nitrogen and oxygen atoms in total. The largest absolute Gasteiger partial charge is 0.497 e. The molecule has 20 heavy (non-hydrogen) atoms. The van der Waals surface area contributed by atoms with Crippen molar-refractivity contribution in [1.82, 2.24) is 9.55 Å². The molecular weight excluding hydrogens is 256 g/mol. The number of aromatic nitrogens is 2. The van der Waals surface area contributed by atoms with Crippen LogP contribution in [0.15, 0.2) is 24.5 Å². The van der Waals surface area contributed by atoms with E-state index in [4.69, 9.17) is 10.5 Å². The lowest BCUT2D eigenvalue weighted by atomic mass is 10.2. The van der Waals surface area contributed by atoms with Crippen LogP contribution in [0.5, 0.6) is 5.75 Å². The number of carbonyl (C=O) groups excluding carboxylic acids is 1. The molecule has 2 aromatic rings. The van der Waals surface area contributed by atoms with Gasteiger partial charge in [-0.1, -0.05) is 0 Å². The fourth-order valence-electron chi connectivity index (χ4n) is 1.83. The molecule has 0 aliphatic heterocycles. The van der Waals surface area contributed by atoms with E-state index in [1.54, 1.807) is 36.2 Å². The minimum atomic E-state index is -0.151. The van der Waals surface area contributed by atoms with Crippen molar-refractivity contribution in [3.05, 3.63) is 35.9 Å². The molecule has 1 aromatic carbocycles. The first kappa shape index (κ1) is 13.9. The van der Waals surface area contributed by atoms with Gasteiger partial charge in [-0.3, -0.25) is 4.79 Å². The van der Waals surface area contributed by atoms with Gasteiger partial charge in [-0.2, -0.15) is 0 Å². The van der Waals surface area contributed by atoms with Crippen LogP contribution in [0.4, 0.5) is 11.4 Å². The van der Waals surface area contributed by atoms with Gasteiger partial charge in [-0.05, 0) is 26.0 Å². The van der Waals surface area contributed by atoms with Crippen LogP contribution in [0.2, 0.25) is 0 Å². The second kappa shape index (κ2) is 5.64. The Labute approximate surface area is 117 Å². The lowest BCUT2D eigenvalue weighted by Gasteiger charge is -2.10. The Morgan fingerprint density at radius 1 is 1.45 bits per heavy atom. The van der Waals surface area contributed by atoms with Crippen LogP contribution in [0, 0.1) is 13.8 Å². The van der Waals surface area contributed by atoms with E-state index in [1.165, 1.54) is 0 Å². The van der Waals surface area contributed by atoms with Gasteiger partial charge in [0.25, 0.3) is 0 Å². The van der Waals surface area contributed by atoms with Crippen LogP contribution in [-0.2, 0) is 11.3 Å². The van der Waals surface area contributed by atoms with E-state index in [9.17, 15) is 4.79 Å². The number of imidazole rings is 1. The molecule has 0 atom stereocenters. The van der Waals surface area contributed by atoms with Gasteiger partial charge in [0.15, 0.2) is 0 Å². The molecule has 2 rings (SSSR count). The topological polar surface area (TPSA) is 82.2 Å². The molecule has 3 N–H and O–H groups in total. The van der Waals surface area contributed by atoms with Crippen molar-refractivity contribution < 1.29 is 9.53 Å². The SMILES string of the molecule is COc1ccc(NC(=O)Cn2cnc(C)c2C)c(N)c1. The zero-order valence-corrected chi connectivity index (χ0v) is 11.8. The summed E-state index contributed by atoms with van der Waals surface area (Å²) < 4.78 is 6.86. The number of nitrogen functional groups attached to an aromatic ring is 1. The van der Waals surface area contributed by atoms with Crippen molar-refractivity contribution in [2.75, 3.05) is 18.2 Å². The highest BCUT2D eigenvalue weighted by Gasteiger charge is 2.09. The highest BCUT2D eigenvalue weighted by atomic mass is 16.5. The van der Waals surface area contributed by atoms with Crippen molar-refractivity contribution in [3.63, 3.8) is 0 Å². The number of nitrogens with zero attached hydrogens (tertiary/aromatic N) is 2. The number of carbonyl (C=O) groups is 1. The zero-order valence-electron chi connectivity index (χ0n) is 11.8. The lowest BCUT2D eigenvalue weighted by Crippen LogP contribution is -2.19. The first-order valence-electron chi connectivity index (χ1n) is 6.23. The van der Waals surface area contributed by atoms with Crippen molar-refractivity contribution in [3.8, 4) is 5.75 Å². The summed E-state index contributed by atoms with van der Waals surface area (Å²) in [6.07, 6.45) is 1.65. The molecule has 0 fully saturated rings. The van der Waals surface area contributed by atoms with Crippen LogP contribution in [0.1, 0.15) is 11.4 Å². The summed E-state index contributed by atoms with van der Waals surface area (Å²) in [4.78, 5) is 16.2. The van der Waals surface area contributed by atoms with Gasteiger partial charge >= 0.3 is 0 Å². The standard InChI is InChI=1S/C14H18N4O2/c1-9-10(2)18(8-16-9)7-14(19)17-13-5-4-11(20-3)6-12(13)15/h4-6,8H,7,15H2,1-3H3,(H,17,19). The van der Waals surface area contributed by atoms with Gasteiger partial charge in [-0.15, -0.1) is 0 Å². The molecule has 1 aromatic heterocycles. The average molecular weight is 274 g/mol. The maximum Gasteiger partial charge on any atom is 0.244 e. The fraction of sp³-hybridized carbons (Fsp3) is 0.286. The van der Waals surface area contributed by atoms with Crippen molar-refractivity contribution >= 4 is 17.3 Å². The summed E-state index contributed by atoms with van der Waals surface area (Å²) in [5.74, 6) is 0.504. The predicted octanol–water partition coefficient (Wildman–Crippen LogP) is 1.73. The molecule has 6 heteroatoms. The first-order valence-corrected chi connectivity index (χ1v) is 6.23. The molecule has 0 saturated carbocycles. The highest BCUT2D eigenvalue weighted by molar-refractivity contribution is 5.93. The second-order valence-corrected chi connectivity index (χ2v) is 4.54. The summed E-state index contributed by atoms with van der Waals surface area (Å²) in [5.41, 5.74) is 8.80. The van der Waals surface area contributed by atoms with E-state index in [-0.39, 0.29) is 12.5 Å². The van der Waals surface area contributed by atoms with Crippen LogP contribution < -0.4 is 15.8 Å². The molecule has 0 bridgehead atoms. The third kappa shape index (κ3) is 2.90. The molecule has 0 spiro atoms. The number of nitrogens with one attached hydrogen (secondary N) is 1. The van der Waals surface area contributed by atoms with E-state index in [0.29, 0.717) is 17.1 Å². The van der Waals surface area contributed by atoms with Crippen molar-refractivity contribution in [1.29, 1.82) is 0 Å². The van der Waals surface area contributed by atoms with Gasteiger partial charge in [0.1, 0.15) is 12.3 Å². The van der Waals surface area contributed by atoms with E-state index in [1.807, 2.05) is 13.8 Å². The average Bonchev–Trinajstić information content (AvgIpc) is 2.73. The number of benzene rings is 1. The number of ether oxygens (including phenoxy) is 1. The minimum Gasteiger partial charge on any atom is -0.497 e. The normalized spacial score (nSPS) is 10.3. The van der Waals surface area contributed by atoms with Crippen LogP contribution in [0.3, 0.4) is 0 Å². The molecule has 1 amide bonds. The number of hydrogen-bond acceptors (Lipinski definition) is 4. The van der Waals surface area contributed by atoms with E-state index >= 15 is 0 Å². The van der Waals surface area contributed by atoms with Gasteiger partial charge in [-0.25, -0.2) is 4.98 Å². The number of hydrogen-bond donors (Lipinski definition) is 2. The summed E-state index contributed by atoms with van der Waals surface area (Å²) in [5, 5.41) is 2.78. The van der Waals surface area contributed by atoms with E-state index in [0.717, 1.165) is 11.4 Å². The van der Waals surface area contributed by atoms with Crippen LogP contribution >= 0.6 is 0 Å². The number of methoxy groups -OCH3 is 1. The second-order valence-electron chi connectivity index (χ2n) is 4.54. The molecule has 0 unspecified atom stereocenters. The Hall–Kier alpha value is -2.50. The maximum absolute atomic E-state index is 12.0. The first-order chi connectivity index (χ1) is 9.51. The number of aryl methyl sites for hydroxylation is 1. The molecule has 0 radical (unpaired) electrons. The Morgan fingerprint density at radius 3 is 2.75 bits per heavy atom. The zero-order chi connectivity index (χ0) is 14.7. The smallest absolute Gasteiger partial charge is 0.244 e. The summed E-state index contributed by atoms with van der Waals surface area (Å²) >= 11 is 0. The molecule has 0 saturated heterocycles. The van der Waals surface area contributed by atoms with E-state index in [2.05, 4.69) is 10.3 Å². The van der Waals surface area contributed by atoms with Gasteiger partial charge in [0.2, 0.25) is 5.91 Å². The highest BCUT2D eigenvalue weighted by Crippen LogP contribution is 2.24. The van der Waals surface area contributed by atoms with Crippen molar-refractivity contribution in [2.24, 2.45) is 0 Å². The van der Waals surface area contributed by atoms with Crippen molar-refractivity contribution in [2.45, 2.75) is 20.4 Å². The fourth-order valence-corrected chi connectivity index (χ4v) is 1.83. The predicted molar refractivity (Wildman–Crippen MR) is 77.7 cm³/mol. The quantitative estimate of drug-likeness (QED) is 0.832. The molecule has 1 heterocycles. The van der Waals surface area contributed by atoms with Gasteiger partial charge in [0.05, 0.1) is 30.5 Å². The van der Waals surface area contributed by atoms with Gasteiger partial charge < -0.3 is 20.4 Å². The third-order valence-electron chi connectivity index (χ3n) is 3.19. The molecular formula is C14H18N4O2. The number of anilines is 2.